The minimum Gasteiger partial charge on any atom is -0.353 e. The van der Waals surface area contributed by atoms with E-state index in [1.165, 1.54) is 17.8 Å². The molecule has 5 nitrogen and oxygen atoms in total. The lowest BCUT2D eigenvalue weighted by atomic mass is 10.1. The van der Waals surface area contributed by atoms with E-state index in [0.29, 0.717) is 29.3 Å². The molecule has 0 fully saturated rings. The number of carbonyl (C=O) groups is 1. The van der Waals surface area contributed by atoms with Crippen LogP contribution in [0.3, 0.4) is 0 Å². The van der Waals surface area contributed by atoms with Crippen LogP contribution in [0.15, 0.2) is 42.5 Å². The maximum atomic E-state index is 13.6. The van der Waals surface area contributed by atoms with Crippen molar-refractivity contribution in [2.24, 2.45) is 0 Å². The summed E-state index contributed by atoms with van der Waals surface area (Å²) in [6.45, 7) is 5.70. The maximum absolute atomic E-state index is 13.6. The molecule has 0 saturated carbocycles. The van der Waals surface area contributed by atoms with Crippen molar-refractivity contribution in [2.45, 2.75) is 32.6 Å². The monoisotopic (exact) mass is 438 g/mol. The van der Waals surface area contributed by atoms with Crippen molar-refractivity contribution in [2.75, 3.05) is 22.9 Å². The molecule has 0 aliphatic carbocycles. The summed E-state index contributed by atoms with van der Waals surface area (Å²) in [7, 11) is -3.65. The van der Waals surface area contributed by atoms with Crippen molar-refractivity contribution in [1.29, 1.82) is 0 Å². The third kappa shape index (κ3) is 6.75. The molecule has 1 N–H and O–H groups in total. The van der Waals surface area contributed by atoms with Gasteiger partial charge in [-0.25, -0.2) is 12.8 Å². The van der Waals surface area contributed by atoms with E-state index < -0.39 is 16.1 Å². The minimum absolute atomic E-state index is 0.241. The van der Waals surface area contributed by atoms with Gasteiger partial charge in [0.1, 0.15) is 11.9 Å². The molecule has 2 aromatic rings. The maximum Gasteiger partial charge on any atom is 0.243 e. The van der Waals surface area contributed by atoms with Crippen molar-refractivity contribution < 1.29 is 17.6 Å². The normalized spacial score (nSPS) is 12.4. The molecular formula is C21H27FN2O3S2. The quantitative estimate of drug-likeness (QED) is 0.607. The Morgan fingerprint density at radius 1 is 1.17 bits per heavy atom. The third-order valence-corrected chi connectivity index (χ3v) is 6.56. The number of sulfonamides is 1. The zero-order valence-corrected chi connectivity index (χ0v) is 18.7. The van der Waals surface area contributed by atoms with Crippen LogP contribution in [0.5, 0.6) is 0 Å². The van der Waals surface area contributed by atoms with Gasteiger partial charge in [0, 0.05) is 18.1 Å². The van der Waals surface area contributed by atoms with Crippen LogP contribution in [0, 0.1) is 19.7 Å². The SMILES string of the molecule is Cc1cc(C)cc(N(C(C)C(=O)NCCSCc2ccccc2F)S(C)(=O)=O)c1. The van der Waals surface area contributed by atoms with Gasteiger partial charge in [0.2, 0.25) is 15.9 Å². The first-order valence-electron chi connectivity index (χ1n) is 9.26. The van der Waals surface area contributed by atoms with Crippen LogP contribution in [-0.4, -0.2) is 38.9 Å². The Labute approximate surface area is 176 Å². The zero-order valence-electron chi connectivity index (χ0n) is 17.1. The van der Waals surface area contributed by atoms with Gasteiger partial charge < -0.3 is 5.32 Å². The lowest BCUT2D eigenvalue weighted by molar-refractivity contribution is -0.121. The van der Waals surface area contributed by atoms with E-state index in [4.69, 9.17) is 0 Å². The van der Waals surface area contributed by atoms with E-state index >= 15 is 0 Å². The average Bonchev–Trinajstić information content (AvgIpc) is 2.60. The van der Waals surface area contributed by atoms with Crippen LogP contribution >= 0.6 is 11.8 Å². The van der Waals surface area contributed by atoms with Crippen molar-refractivity contribution in [1.82, 2.24) is 5.32 Å². The van der Waals surface area contributed by atoms with E-state index in [1.54, 1.807) is 37.3 Å². The predicted molar refractivity (Wildman–Crippen MR) is 118 cm³/mol. The molecule has 29 heavy (non-hydrogen) atoms. The van der Waals surface area contributed by atoms with Gasteiger partial charge in [0.25, 0.3) is 0 Å². The fraction of sp³-hybridized carbons (Fsp3) is 0.381. The molecule has 158 valence electrons. The number of hydrogen-bond donors (Lipinski definition) is 1. The van der Waals surface area contributed by atoms with E-state index in [-0.39, 0.29) is 11.7 Å². The first-order valence-corrected chi connectivity index (χ1v) is 12.3. The predicted octanol–water partition coefficient (Wildman–Crippen LogP) is 3.65. The van der Waals surface area contributed by atoms with Crippen LogP contribution in [0.4, 0.5) is 10.1 Å². The highest BCUT2D eigenvalue weighted by Crippen LogP contribution is 2.24. The molecule has 0 aliphatic rings. The molecule has 0 bridgehead atoms. The Balaban J connectivity index is 1.96. The summed E-state index contributed by atoms with van der Waals surface area (Å²) in [4.78, 5) is 12.6. The van der Waals surface area contributed by atoms with Gasteiger partial charge >= 0.3 is 0 Å². The van der Waals surface area contributed by atoms with Gasteiger partial charge in [0.05, 0.1) is 11.9 Å². The lowest BCUT2D eigenvalue weighted by Crippen LogP contribution is -2.48. The summed E-state index contributed by atoms with van der Waals surface area (Å²) in [6.07, 6.45) is 1.10. The van der Waals surface area contributed by atoms with E-state index in [1.807, 2.05) is 19.9 Å². The van der Waals surface area contributed by atoms with E-state index in [9.17, 15) is 17.6 Å². The van der Waals surface area contributed by atoms with Crippen LogP contribution in [0.25, 0.3) is 0 Å². The molecule has 8 heteroatoms. The number of anilines is 1. The van der Waals surface area contributed by atoms with Crippen LogP contribution in [0.2, 0.25) is 0 Å². The second-order valence-electron chi connectivity index (χ2n) is 7.02. The fourth-order valence-electron chi connectivity index (χ4n) is 3.08. The number of hydrogen-bond acceptors (Lipinski definition) is 4. The second kappa shape index (κ2) is 10.1. The van der Waals surface area contributed by atoms with Gasteiger partial charge in [-0.3, -0.25) is 9.10 Å². The smallest absolute Gasteiger partial charge is 0.243 e. The summed E-state index contributed by atoms with van der Waals surface area (Å²) in [5, 5.41) is 2.78. The first-order chi connectivity index (χ1) is 13.6. The first kappa shape index (κ1) is 23.2. The van der Waals surface area contributed by atoms with Gasteiger partial charge in [-0.2, -0.15) is 11.8 Å². The zero-order chi connectivity index (χ0) is 21.6. The van der Waals surface area contributed by atoms with Crippen molar-refractivity contribution in [3.05, 3.63) is 65.0 Å². The molecule has 0 aliphatic heterocycles. The van der Waals surface area contributed by atoms with E-state index in [2.05, 4.69) is 5.32 Å². The summed E-state index contributed by atoms with van der Waals surface area (Å²) >= 11 is 1.50. The Morgan fingerprint density at radius 3 is 2.38 bits per heavy atom. The molecular weight excluding hydrogens is 411 g/mol. The molecule has 0 saturated heterocycles. The Bertz CT molecular complexity index is 944. The van der Waals surface area contributed by atoms with Crippen LogP contribution in [-0.2, 0) is 20.6 Å². The van der Waals surface area contributed by atoms with E-state index in [0.717, 1.165) is 21.7 Å². The van der Waals surface area contributed by atoms with Gasteiger partial charge in [-0.15, -0.1) is 0 Å². The highest BCUT2D eigenvalue weighted by atomic mass is 32.2. The number of thioether (sulfide) groups is 1. The number of carbonyl (C=O) groups excluding carboxylic acids is 1. The van der Waals surface area contributed by atoms with Gasteiger partial charge in [0.15, 0.2) is 0 Å². The Hall–Kier alpha value is -2.06. The number of rotatable bonds is 9. The second-order valence-corrected chi connectivity index (χ2v) is 9.98. The number of nitrogens with zero attached hydrogens (tertiary/aromatic N) is 1. The number of nitrogens with one attached hydrogen (secondary N) is 1. The largest absolute Gasteiger partial charge is 0.353 e. The third-order valence-electron chi connectivity index (χ3n) is 4.31. The molecule has 0 heterocycles. The standard InChI is InChI=1S/C21H27FN2O3S2/c1-15-11-16(2)13-19(12-15)24(29(4,26)27)17(3)21(25)23-9-10-28-14-18-7-5-6-8-20(18)22/h5-8,11-13,17H,9-10,14H2,1-4H3,(H,23,25). The summed E-state index contributed by atoms with van der Waals surface area (Å²) in [5.74, 6) is 0.488. The Morgan fingerprint density at radius 2 is 1.79 bits per heavy atom. The fourth-order valence-corrected chi connectivity index (χ4v) is 5.08. The van der Waals surface area contributed by atoms with Gasteiger partial charge in [-0.1, -0.05) is 24.3 Å². The minimum atomic E-state index is -3.65. The molecule has 2 aromatic carbocycles. The van der Waals surface area contributed by atoms with Crippen molar-refractivity contribution >= 4 is 33.4 Å². The van der Waals surface area contributed by atoms with Crippen molar-refractivity contribution in [3.8, 4) is 0 Å². The molecule has 0 spiro atoms. The Kier molecular flexibility index (Phi) is 8.10. The molecule has 0 radical (unpaired) electrons. The molecule has 0 aromatic heterocycles. The summed E-state index contributed by atoms with van der Waals surface area (Å²) < 4.78 is 39.5. The number of benzene rings is 2. The highest BCUT2D eigenvalue weighted by molar-refractivity contribution is 7.98. The average molecular weight is 439 g/mol. The topological polar surface area (TPSA) is 66.5 Å². The lowest BCUT2D eigenvalue weighted by Gasteiger charge is -2.28. The van der Waals surface area contributed by atoms with Crippen molar-refractivity contribution in [3.63, 3.8) is 0 Å². The molecule has 1 unspecified atom stereocenters. The summed E-state index contributed by atoms with van der Waals surface area (Å²) in [6, 6.07) is 11.2. The van der Waals surface area contributed by atoms with Gasteiger partial charge in [-0.05, 0) is 55.7 Å². The molecule has 2 rings (SSSR count). The molecule has 1 atom stereocenters. The number of halogens is 1. The number of aryl methyl sites for hydroxylation is 2. The van der Waals surface area contributed by atoms with Crippen LogP contribution in [0.1, 0.15) is 23.6 Å². The molecule has 1 amide bonds. The van der Waals surface area contributed by atoms with Crippen LogP contribution < -0.4 is 9.62 Å². The summed E-state index contributed by atoms with van der Waals surface area (Å²) in [5.41, 5.74) is 2.94. The number of amides is 1. The highest BCUT2D eigenvalue weighted by Gasteiger charge is 2.29.